The summed E-state index contributed by atoms with van der Waals surface area (Å²) in [6, 6.07) is 12.6. The van der Waals surface area contributed by atoms with Crippen LogP contribution in [0.1, 0.15) is 26.7 Å². The van der Waals surface area contributed by atoms with Gasteiger partial charge in [-0.15, -0.1) is 11.3 Å². The van der Waals surface area contributed by atoms with E-state index < -0.39 is 0 Å². The molecule has 0 aliphatic carbocycles. The Morgan fingerprint density at radius 2 is 2.05 bits per heavy atom. The van der Waals surface area contributed by atoms with E-state index >= 15 is 0 Å². The first-order valence-corrected chi connectivity index (χ1v) is 8.31. The van der Waals surface area contributed by atoms with Gasteiger partial charge >= 0.3 is 0 Å². The van der Waals surface area contributed by atoms with Gasteiger partial charge in [-0.2, -0.15) is 0 Å². The summed E-state index contributed by atoms with van der Waals surface area (Å²) in [4.78, 5) is 15.9. The minimum Gasteiger partial charge on any atom is -0.352 e. The Kier molecular flexibility index (Phi) is 3.28. The SMILES string of the molecule is O=C1NCC2CN(Cc3ccccc3)C[C@H]2c2sccc21. The van der Waals surface area contributed by atoms with Crippen LogP contribution in [-0.4, -0.2) is 30.4 Å². The third-order valence-corrected chi connectivity index (χ3v) is 5.62. The van der Waals surface area contributed by atoms with Crippen molar-refractivity contribution >= 4 is 17.2 Å². The normalized spacial score (nSPS) is 25.0. The van der Waals surface area contributed by atoms with Gasteiger partial charge in [0.15, 0.2) is 0 Å². The zero-order valence-electron chi connectivity index (χ0n) is 11.8. The minimum absolute atomic E-state index is 0.107. The highest BCUT2D eigenvalue weighted by Crippen LogP contribution is 2.39. The minimum atomic E-state index is 0.107. The van der Waals surface area contributed by atoms with Gasteiger partial charge in [0.05, 0.1) is 5.56 Å². The molecule has 21 heavy (non-hydrogen) atoms. The van der Waals surface area contributed by atoms with Crippen LogP contribution >= 0.6 is 11.3 Å². The molecule has 2 aliphatic heterocycles. The van der Waals surface area contributed by atoms with E-state index in [1.807, 2.05) is 11.4 Å². The molecular formula is C17H18N2OS. The highest BCUT2D eigenvalue weighted by molar-refractivity contribution is 7.10. The molecular weight excluding hydrogens is 280 g/mol. The van der Waals surface area contributed by atoms with Crippen molar-refractivity contribution in [3.63, 3.8) is 0 Å². The Hall–Kier alpha value is -1.65. The van der Waals surface area contributed by atoms with Crippen molar-refractivity contribution in [2.75, 3.05) is 19.6 Å². The average Bonchev–Trinajstić information content (AvgIpc) is 3.10. The monoisotopic (exact) mass is 298 g/mol. The predicted octanol–water partition coefficient (Wildman–Crippen LogP) is 2.71. The first kappa shape index (κ1) is 13.0. The Morgan fingerprint density at radius 1 is 1.19 bits per heavy atom. The zero-order chi connectivity index (χ0) is 14.2. The third-order valence-electron chi connectivity index (χ3n) is 4.57. The lowest BCUT2D eigenvalue weighted by Gasteiger charge is -2.16. The number of carbonyl (C=O) groups excluding carboxylic acids is 1. The molecule has 0 radical (unpaired) electrons. The standard InChI is InChI=1S/C17H18N2OS/c20-17-14-6-7-21-16(14)15-11-19(10-13(15)8-18-17)9-12-4-2-1-3-5-12/h1-7,13,15H,8-11H2,(H,18,20)/t13?,15-/m1/s1. The number of hydrogen-bond acceptors (Lipinski definition) is 3. The van der Waals surface area contributed by atoms with Crippen LogP contribution in [0.15, 0.2) is 41.8 Å². The molecule has 1 aromatic heterocycles. The maximum Gasteiger partial charge on any atom is 0.252 e. The number of nitrogens with one attached hydrogen (secondary N) is 1. The van der Waals surface area contributed by atoms with Gasteiger partial charge in [0.25, 0.3) is 5.91 Å². The van der Waals surface area contributed by atoms with E-state index in [1.54, 1.807) is 11.3 Å². The molecule has 4 heteroatoms. The Labute approximate surface area is 128 Å². The van der Waals surface area contributed by atoms with Gasteiger partial charge in [-0.3, -0.25) is 9.69 Å². The fourth-order valence-corrected chi connectivity index (χ4v) is 4.63. The van der Waals surface area contributed by atoms with Crippen LogP contribution in [0, 0.1) is 5.92 Å². The molecule has 2 aliphatic rings. The largest absolute Gasteiger partial charge is 0.352 e. The van der Waals surface area contributed by atoms with Crippen molar-refractivity contribution in [3.05, 3.63) is 57.8 Å². The first-order chi connectivity index (χ1) is 10.3. The van der Waals surface area contributed by atoms with Crippen LogP contribution in [0.4, 0.5) is 0 Å². The molecule has 108 valence electrons. The summed E-state index contributed by atoms with van der Waals surface area (Å²) in [6.45, 7) is 3.93. The highest BCUT2D eigenvalue weighted by Gasteiger charge is 2.38. The summed E-state index contributed by atoms with van der Waals surface area (Å²) in [5, 5.41) is 5.13. The highest BCUT2D eigenvalue weighted by atomic mass is 32.1. The number of benzene rings is 1. The number of hydrogen-bond donors (Lipinski definition) is 1. The number of rotatable bonds is 2. The second kappa shape index (κ2) is 5.28. The number of nitrogens with zero attached hydrogens (tertiary/aromatic N) is 1. The quantitative estimate of drug-likeness (QED) is 0.924. The van der Waals surface area contributed by atoms with E-state index in [2.05, 4.69) is 40.5 Å². The maximum atomic E-state index is 12.1. The van der Waals surface area contributed by atoms with Crippen molar-refractivity contribution in [3.8, 4) is 0 Å². The smallest absolute Gasteiger partial charge is 0.252 e. The average molecular weight is 298 g/mol. The molecule has 1 amide bonds. The number of likely N-dealkylation sites (tertiary alicyclic amines) is 1. The van der Waals surface area contributed by atoms with E-state index in [0.29, 0.717) is 11.8 Å². The van der Waals surface area contributed by atoms with Crippen molar-refractivity contribution in [1.29, 1.82) is 0 Å². The van der Waals surface area contributed by atoms with Gasteiger partial charge < -0.3 is 5.32 Å². The van der Waals surface area contributed by atoms with Crippen LogP contribution in [0.2, 0.25) is 0 Å². The van der Waals surface area contributed by atoms with Crippen molar-refractivity contribution in [2.24, 2.45) is 5.92 Å². The van der Waals surface area contributed by atoms with Crippen LogP contribution < -0.4 is 5.32 Å². The van der Waals surface area contributed by atoms with Gasteiger partial charge in [0.1, 0.15) is 0 Å². The second-order valence-electron chi connectivity index (χ2n) is 5.95. The molecule has 1 aromatic carbocycles. The fraction of sp³-hybridized carbons (Fsp3) is 0.353. The molecule has 1 unspecified atom stereocenters. The molecule has 2 aromatic rings. The van der Waals surface area contributed by atoms with Gasteiger partial charge in [0.2, 0.25) is 0 Å². The summed E-state index contributed by atoms with van der Waals surface area (Å²) >= 11 is 1.74. The van der Waals surface area contributed by atoms with Crippen LogP contribution in [0.3, 0.4) is 0 Å². The molecule has 4 rings (SSSR count). The Bertz CT molecular complexity index is 652. The van der Waals surface area contributed by atoms with Crippen LogP contribution in [0.25, 0.3) is 0 Å². The fourth-order valence-electron chi connectivity index (χ4n) is 3.55. The Morgan fingerprint density at radius 3 is 2.90 bits per heavy atom. The van der Waals surface area contributed by atoms with Crippen LogP contribution in [0.5, 0.6) is 0 Å². The summed E-state index contributed by atoms with van der Waals surface area (Å²) in [7, 11) is 0. The molecule has 3 nitrogen and oxygen atoms in total. The summed E-state index contributed by atoms with van der Waals surface area (Å²) in [6.07, 6.45) is 0. The number of carbonyl (C=O) groups is 1. The molecule has 0 spiro atoms. The zero-order valence-corrected chi connectivity index (χ0v) is 12.6. The summed E-state index contributed by atoms with van der Waals surface area (Å²) in [5.41, 5.74) is 2.26. The third kappa shape index (κ3) is 2.39. The molecule has 1 fully saturated rings. The maximum absolute atomic E-state index is 12.1. The number of amides is 1. The molecule has 0 bridgehead atoms. The van der Waals surface area contributed by atoms with Gasteiger partial charge in [-0.05, 0) is 22.9 Å². The van der Waals surface area contributed by atoms with E-state index in [4.69, 9.17) is 0 Å². The summed E-state index contributed by atoms with van der Waals surface area (Å²) in [5.74, 6) is 1.15. The lowest BCUT2D eigenvalue weighted by molar-refractivity contribution is 0.0951. The van der Waals surface area contributed by atoms with Crippen molar-refractivity contribution in [2.45, 2.75) is 12.5 Å². The van der Waals surface area contributed by atoms with Gasteiger partial charge in [-0.1, -0.05) is 30.3 Å². The molecule has 3 heterocycles. The second-order valence-corrected chi connectivity index (χ2v) is 6.90. The van der Waals surface area contributed by atoms with Crippen molar-refractivity contribution < 1.29 is 4.79 Å². The van der Waals surface area contributed by atoms with Crippen LogP contribution in [-0.2, 0) is 6.54 Å². The lowest BCUT2D eigenvalue weighted by atomic mass is 9.94. The van der Waals surface area contributed by atoms with Gasteiger partial charge in [0, 0.05) is 37.0 Å². The number of thiophene rings is 1. The predicted molar refractivity (Wildman–Crippen MR) is 84.6 cm³/mol. The molecule has 0 saturated carbocycles. The van der Waals surface area contributed by atoms with Gasteiger partial charge in [-0.25, -0.2) is 0 Å². The molecule has 1 saturated heterocycles. The molecule has 2 atom stereocenters. The topological polar surface area (TPSA) is 32.3 Å². The first-order valence-electron chi connectivity index (χ1n) is 7.43. The van der Waals surface area contributed by atoms with E-state index in [1.165, 1.54) is 10.4 Å². The Balaban J connectivity index is 1.56. The lowest BCUT2D eigenvalue weighted by Crippen LogP contribution is -2.29. The van der Waals surface area contributed by atoms with E-state index in [0.717, 1.165) is 31.7 Å². The van der Waals surface area contributed by atoms with E-state index in [-0.39, 0.29) is 5.91 Å². The summed E-state index contributed by atoms with van der Waals surface area (Å²) < 4.78 is 0. The van der Waals surface area contributed by atoms with Crippen molar-refractivity contribution in [1.82, 2.24) is 10.2 Å². The molecule has 1 N–H and O–H groups in total. The number of fused-ring (bicyclic) bond motifs is 3. The van der Waals surface area contributed by atoms with E-state index in [9.17, 15) is 4.79 Å².